The van der Waals surface area contributed by atoms with Gasteiger partial charge < -0.3 is 5.73 Å². The van der Waals surface area contributed by atoms with Gasteiger partial charge in [-0.15, -0.1) is 5.10 Å². The molecule has 1 saturated carbocycles. The fraction of sp³-hybridized carbons (Fsp3) is 0.875. The van der Waals surface area contributed by atoms with E-state index in [0.717, 1.165) is 5.16 Å². The quantitative estimate of drug-likeness (QED) is 0.795. The van der Waals surface area contributed by atoms with Gasteiger partial charge in [0.25, 0.3) is 0 Å². The van der Waals surface area contributed by atoms with E-state index in [1.165, 1.54) is 25.7 Å². The number of aromatic nitrogens is 4. The molecule has 0 spiro atoms. The molecule has 0 atom stereocenters. The SMILES string of the molecule is Cn1nnnc1SC1(CN)CCCC1. The molecule has 5 nitrogen and oxygen atoms in total. The maximum Gasteiger partial charge on any atom is 0.209 e. The first-order valence-electron chi connectivity index (χ1n) is 4.87. The first-order valence-corrected chi connectivity index (χ1v) is 5.69. The summed E-state index contributed by atoms with van der Waals surface area (Å²) in [6.45, 7) is 0.713. The van der Waals surface area contributed by atoms with Crippen LogP contribution in [0.15, 0.2) is 5.16 Å². The van der Waals surface area contributed by atoms with Gasteiger partial charge in [0, 0.05) is 18.3 Å². The minimum atomic E-state index is 0.183. The molecule has 0 aliphatic heterocycles. The molecule has 6 heteroatoms. The Kier molecular flexibility index (Phi) is 2.73. The number of nitrogens with zero attached hydrogens (tertiary/aromatic N) is 4. The molecule has 14 heavy (non-hydrogen) atoms. The van der Waals surface area contributed by atoms with E-state index in [2.05, 4.69) is 15.5 Å². The van der Waals surface area contributed by atoms with Gasteiger partial charge in [-0.1, -0.05) is 24.6 Å². The molecule has 0 unspecified atom stereocenters. The van der Waals surface area contributed by atoms with Crippen molar-refractivity contribution in [2.24, 2.45) is 12.8 Å². The van der Waals surface area contributed by atoms with Crippen LogP contribution in [0.1, 0.15) is 25.7 Å². The number of rotatable bonds is 3. The highest BCUT2D eigenvalue weighted by atomic mass is 32.2. The first kappa shape index (κ1) is 9.92. The molecule has 2 N–H and O–H groups in total. The van der Waals surface area contributed by atoms with Crippen molar-refractivity contribution in [2.75, 3.05) is 6.54 Å². The topological polar surface area (TPSA) is 69.6 Å². The molecular weight excluding hydrogens is 198 g/mol. The van der Waals surface area contributed by atoms with E-state index in [1.807, 2.05) is 7.05 Å². The van der Waals surface area contributed by atoms with Crippen molar-refractivity contribution in [1.29, 1.82) is 0 Å². The lowest BCUT2D eigenvalue weighted by Crippen LogP contribution is -2.31. The third-order valence-corrected chi connectivity index (χ3v) is 4.31. The third-order valence-electron chi connectivity index (χ3n) is 2.78. The van der Waals surface area contributed by atoms with Crippen molar-refractivity contribution in [2.45, 2.75) is 35.6 Å². The van der Waals surface area contributed by atoms with E-state index in [0.29, 0.717) is 6.54 Å². The number of hydrogen-bond acceptors (Lipinski definition) is 5. The average molecular weight is 213 g/mol. The molecule has 1 heterocycles. The highest BCUT2D eigenvalue weighted by molar-refractivity contribution is 8.00. The van der Waals surface area contributed by atoms with Gasteiger partial charge in [-0.3, -0.25) is 0 Å². The number of aryl methyl sites for hydroxylation is 1. The van der Waals surface area contributed by atoms with Crippen LogP contribution in [0, 0.1) is 0 Å². The fourth-order valence-corrected chi connectivity index (χ4v) is 3.08. The van der Waals surface area contributed by atoms with E-state index in [4.69, 9.17) is 5.73 Å². The van der Waals surface area contributed by atoms with Gasteiger partial charge in [0.05, 0.1) is 0 Å². The molecule has 1 aromatic rings. The van der Waals surface area contributed by atoms with Gasteiger partial charge in [-0.2, -0.15) is 0 Å². The minimum Gasteiger partial charge on any atom is -0.329 e. The van der Waals surface area contributed by atoms with E-state index in [1.54, 1.807) is 16.4 Å². The van der Waals surface area contributed by atoms with Crippen molar-refractivity contribution >= 4 is 11.8 Å². The second-order valence-electron chi connectivity index (χ2n) is 3.78. The lowest BCUT2D eigenvalue weighted by molar-refractivity contribution is 0.605. The maximum absolute atomic E-state index is 5.84. The van der Waals surface area contributed by atoms with Crippen molar-refractivity contribution in [3.63, 3.8) is 0 Å². The van der Waals surface area contributed by atoms with E-state index in [-0.39, 0.29) is 4.75 Å². The van der Waals surface area contributed by atoms with Crippen molar-refractivity contribution in [1.82, 2.24) is 20.2 Å². The normalized spacial score (nSPS) is 20.1. The van der Waals surface area contributed by atoms with E-state index >= 15 is 0 Å². The monoisotopic (exact) mass is 213 g/mol. The van der Waals surface area contributed by atoms with Crippen molar-refractivity contribution in [3.8, 4) is 0 Å². The Morgan fingerprint density at radius 1 is 1.50 bits per heavy atom. The Morgan fingerprint density at radius 2 is 2.21 bits per heavy atom. The summed E-state index contributed by atoms with van der Waals surface area (Å²) in [5, 5.41) is 12.3. The summed E-state index contributed by atoms with van der Waals surface area (Å²) in [4.78, 5) is 0. The fourth-order valence-electron chi connectivity index (χ4n) is 1.87. The Morgan fingerprint density at radius 3 is 2.71 bits per heavy atom. The second kappa shape index (κ2) is 3.86. The molecule has 0 amide bonds. The summed E-state index contributed by atoms with van der Waals surface area (Å²) in [5.41, 5.74) is 5.84. The molecule has 0 bridgehead atoms. The van der Waals surface area contributed by atoms with Crippen LogP contribution >= 0.6 is 11.8 Å². The highest BCUT2D eigenvalue weighted by Gasteiger charge is 2.35. The summed E-state index contributed by atoms with van der Waals surface area (Å²) in [6.07, 6.45) is 4.91. The predicted molar refractivity (Wildman–Crippen MR) is 54.9 cm³/mol. The highest BCUT2D eigenvalue weighted by Crippen LogP contribution is 2.43. The summed E-state index contributed by atoms with van der Waals surface area (Å²) in [6, 6.07) is 0. The number of tetrazole rings is 1. The Balaban J connectivity index is 2.12. The van der Waals surface area contributed by atoms with Gasteiger partial charge in [0.2, 0.25) is 5.16 Å². The van der Waals surface area contributed by atoms with Crippen LogP contribution < -0.4 is 5.73 Å². The van der Waals surface area contributed by atoms with Crippen LogP contribution in [0.5, 0.6) is 0 Å². The predicted octanol–water partition coefficient (Wildman–Crippen LogP) is 0.574. The standard InChI is InChI=1S/C8H15N5S/c1-13-7(10-11-12-13)14-8(6-9)4-2-3-5-8/h2-6,9H2,1H3. The molecule has 0 aromatic carbocycles. The van der Waals surface area contributed by atoms with Crippen molar-refractivity contribution < 1.29 is 0 Å². The van der Waals surface area contributed by atoms with Crippen LogP contribution in [-0.4, -0.2) is 31.5 Å². The second-order valence-corrected chi connectivity index (χ2v) is 5.22. The Bertz CT molecular complexity index is 304. The summed E-state index contributed by atoms with van der Waals surface area (Å²) in [5.74, 6) is 0. The van der Waals surface area contributed by atoms with Gasteiger partial charge in [-0.05, 0) is 23.3 Å². The van der Waals surface area contributed by atoms with E-state index in [9.17, 15) is 0 Å². The molecule has 78 valence electrons. The maximum atomic E-state index is 5.84. The van der Waals surface area contributed by atoms with Crippen LogP contribution in [0.25, 0.3) is 0 Å². The Labute approximate surface area is 87.4 Å². The number of nitrogens with two attached hydrogens (primary N) is 1. The molecule has 0 saturated heterocycles. The van der Waals surface area contributed by atoms with Crippen LogP contribution in [0.3, 0.4) is 0 Å². The van der Waals surface area contributed by atoms with Gasteiger partial charge >= 0.3 is 0 Å². The largest absolute Gasteiger partial charge is 0.329 e. The van der Waals surface area contributed by atoms with Gasteiger partial charge in [0.15, 0.2) is 0 Å². The lowest BCUT2D eigenvalue weighted by atomic mass is 10.1. The average Bonchev–Trinajstić information content (AvgIpc) is 2.79. The zero-order chi connectivity index (χ0) is 10.0. The summed E-state index contributed by atoms with van der Waals surface area (Å²) in [7, 11) is 1.86. The summed E-state index contributed by atoms with van der Waals surface area (Å²) >= 11 is 1.73. The van der Waals surface area contributed by atoms with Crippen LogP contribution in [0.4, 0.5) is 0 Å². The third kappa shape index (κ3) is 1.76. The first-order chi connectivity index (χ1) is 6.76. The molecular formula is C8H15N5S. The molecule has 1 aromatic heterocycles. The Hall–Kier alpha value is -0.620. The number of hydrogen-bond donors (Lipinski definition) is 1. The van der Waals surface area contributed by atoms with Crippen molar-refractivity contribution in [3.05, 3.63) is 0 Å². The molecule has 1 fully saturated rings. The zero-order valence-electron chi connectivity index (χ0n) is 8.31. The van der Waals surface area contributed by atoms with Gasteiger partial charge in [0.1, 0.15) is 0 Å². The van der Waals surface area contributed by atoms with E-state index < -0.39 is 0 Å². The smallest absolute Gasteiger partial charge is 0.209 e. The van der Waals surface area contributed by atoms with Gasteiger partial charge in [-0.25, -0.2) is 4.68 Å². The van der Waals surface area contributed by atoms with Crippen LogP contribution in [0.2, 0.25) is 0 Å². The van der Waals surface area contributed by atoms with Crippen LogP contribution in [-0.2, 0) is 7.05 Å². The minimum absolute atomic E-state index is 0.183. The summed E-state index contributed by atoms with van der Waals surface area (Å²) < 4.78 is 1.89. The molecule has 2 rings (SSSR count). The molecule has 0 radical (unpaired) electrons. The molecule has 1 aliphatic rings. The number of thioether (sulfide) groups is 1. The lowest BCUT2D eigenvalue weighted by Gasteiger charge is -2.24. The molecule has 1 aliphatic carbocycles. The zero-order valence-corrected chi connectivity index (χ0v) is 9.13.